The number of hydrogen-bond acceptors (Lipinski definition) is 6. The molecule has 3 amide bonds. The average Bonchev–Trinajstić information content (AvgIpc) is 2.96. The third kappa shape index (κ3) is 6.67. The van der Waals surface area contributed by atoms with E-state index in [2.05, 4.69) is 5.32 Å². The highest BCUT2D eigenvalue weighted by molar-refractivity contribution is 6.30. The lowest BCUT2D eigenvalue weighted by Crippen LogP contribution is -2.43. The summed E-state index contributed by atoms with van der Waals surface area (Å²) in [5.41, 5.74) is 7.34. The van der Waals surface area contributed by atoms with Gasteiger partial charge in [-0.15, -0.1) is 12.4 Å². The van der Waals surface area contributed by atoms with Crippen molar-refractivity contribution in [1.82, 2.24) is 10.2 Å². The number of carbonyl (C=O) groups is 4. The van der Waals surface area contributed by atoms with Gasteiger partial charge in [-0.05, 0) is 60.2 Å². The number of ether oxygens (including phenoxy) is 1. The third-order valence-corrected chi connectivity index (χ3v) is 6.40. The molecule has 0 spiro atoms. The second-order valence-corrected chi connectivity index (χ2v) is 8.88. The molecular weight excluding hydrogens is 509 g/mol. The number of benzene rings is 2. The number of methoxy groups -OCH3 is 1. The molecule has 0 aromatic heterocycles. The first-order chi connectivity index (χ1) is 16.6. The number of imide groups is 1. The number of nitrogen functional groups attached to an aromatic ring is 1. The van der Waals surface area contributed by atoms with Crippen LogP contribution < -0.4 is 15.8 Å². The monoisotopic (exact) mass is 537 g/mol. The van der Waals surface area contributed by atoms with Crippen LogP contribution in [-0.4, -0.2) is 53.9 Å². The van der Waals surface area contributed by atoms with E-state index < -0.39 is 29.6 Å². The maximum Gasteiger partial charge on any atom is 0.337 e. The first-order valence-electron chi connectivity index (χ1n) is 11.2. The van der Waals surface area contributed by atoms with E-state index in [1.165, 1.54) is 19.2 Å². The van der Waals surface area contributed by atoms with Crippen LogP contribution >= 0.6 is 24.0 Å². The van der Waals surface area contributed by atoms with E-state index in [4.69, 9.17) is 22.1 Å². The van der Waals surface area contributed by atoms with Crippen LogP contribution in [0.3, 0.4) is 0 Å². The molecule has 1 fully saturated rings. The van der Waals surface area contributed by atoms with Crippen LogP contribution in [0.15, 0.2) is 36.4 Å². The molecule has 194 valence electrons. The molecule has 3 rings (SSSR count). The number of carbonyl (C=O) groups excluding carboxylic acids is 3. The SMILES string of the molecule is CC[C@@H](CC(=O)N1CC(=O)NC[C@H](Cc2cc(Cl)ccc2OC)C1=O)c1ccc(C(=O)O)c(N)c1.Cl. The lowest BCUT2D eigenvalue weighted by atomic mass is 9.91. The van der Waals surface area contributed by atoms with Crippen molar-refractivity contribution in [3.63, 3.8) is 0 Å². The standard InChI is InChI=1S/C25H28ClN3O6.ClH/c1-3-14(15-4-6-19(25(33)34)20(27)10-15)11-23(31)29-13-22(30)28-12-17(24(29)32)8-16-9-18(26)5-7-21(16)35-2;/h4-7,9-10,14,17H,3,8,11-13,27H2,1-2H3,(H,28,30)(H,33,34);1H/t14-,17-;/m0./s1. The Hall–Kier alpha value is -3.30. The summed E-state index contributed by atoms with van der Waals surface area (Å²) >= 11 is 6.12. The molecular formula is C25H29Cl2N3O6. The number of amides is 3. The lowest BCUT2D eigenvalue weighted by molar-refractivity contribution is -0.148. The highest BCUT2D eigenvalue weighted by Crippen LogP contribution is 2.29. The predicted molar refractivity (Wildman–Crippen MR) is 138 cm³/mol. The Morgan fingerprint density at radius 1 is 1.25 bits per heavy atom. The van der Waals surface area contributed by atoms with E-state index in [1.54, 1.807) is 24.3 Å². The number of hydrogen-bond donors (Lipinski definition) is 3. The van der Waals surface area contributed by atoms with Crippen molar-refractivity contribution in [2.45, 2.75) is 32.1 Å². The van der Waals surface area contributed by atoms with Crippen molar-refractivity contribution >= 4 is 53.4 Å². The number of nitrogens with two attached hydrogens (primary N) is 1. The summed E-state index contributed by atoms with van der Waals surface area (Å²) in [6.45, 7) is 1.60. The van der Waals surface area contributed by atoms with Crippen LogP contribution in [0, 0.1) is 5.92 Å². The molecule has 4 N–H and O–H groups in total. The average molecular weight is 538 g/mol. The van der Waals surface area contributed by atoms with Crippen LogP contribution in [-0.2, 0) is 20.8 Å². The minimum atomic E-state index is -1.14. The summed E-state index contributed by atoms with van der Waals surface area (Å²) in [6, 6.07) is 9.64. The molecule has 0 unspecified atom stereocenters. The highest BCUT2D eigenvalue weighted by atomic mass is 35.5. The summed E-state index contributed by atoms with van der Waals surface area (Å²) in [6.07, 6.45) is 0.751. The smallest absolute Gasteiger partial charge is 0.337 e. The van der Waals surface area contributed by atoms with Crippen molar-refractivity contribution in [3.05, 3.63) is 58.1 Å². The molecule has 11 heteroatoms. The second-order valence-electron chi connectivity index (χ2n) is 8.44. The van der Waals surface area contributed by atoms with Crippen LogP contribution in [0.5, 0.6) is 5.75 Å². The van der Waals surface area contributed by atoms with Crippen LogP contribution in [0.2, 0.25) is 5.02 Å². The molecule has 2 atom stereocenters. The molecule has 0 aliphatic carbocycles. The molecule has 0 saturated carbocycles. The Labute approximate surface area is 220 Å². The summed E-state index contributed by atoms with van der Waals surface area (Å²) in [7, 11) is 1.51. The molecule has 2 aromatic carbocycles. The van der Waals surface area contributed by atoms with Crippen molar-refractivity contribution in [1.29, 1.82) is 0 Å². The zero-order chi connectivity index (χ0) is 25.7. The molecule has 0 radical (unpaired) electrons. The van der Waals surface area contributed by atoms with Gasteiger partial charge in [0.15, 0.2) is 0 Å². The zero-order valence-corrected chi connectivity index (χ0v) is 21.5. The van der Waals surface area contributed by atoms with E-state index in [-0.39, 0.29) is 55.5 Å². The molecule has 1 saturated heterocycles. The molecule has 1 heterocycles. The molecule has 0 bridgehead atoms. The van der Waals surface area contributed by atoms with Gasteiger partial charge in [-0.2, -0.15) is 0 Å². The Balaban J connectivity index is 0.00000456. The summed E-state index contributed by atoms with van der Waals surface area (Å²) in [5, 5.41) is 12.4. The van der Waals surface area contributed by atoms with E-state index in [0.717, 1.165) is 4.90 Å². The van der Waals surface area contributed by atoms with Crippen molar-refractivity contribution in [2.24, 2.45) is 5.92 Å². The van der Waals surface area contributed by atoms with Gasteiger partial charge in [0, 0.05) is 23.7 Å². The van der Waals surface area contributed by atoms with Gasteiger partial charge in [0.05, 0.1) is 18.6 Å². The Bertz CT molecular complexity index is 1160. The fourth-order valence-electron chi connectivity index (χ4n) is 4.21. The maximum atomic E-state index is 13.4. The van der Waals surface area contributed by atoms with Gasteiger partial charge in [0.2, 0.25) is 17.7 Å². The van der Waals surface area contributed by atoms with Crippen LogP contribution in [0.4, 0.5) is 5.69 Å². The van der Waals surface area contributed by atoms with E-state index in [9.17, 15) is 24.3 Å². The maximum absolute atomic E-state index is 13.4. The minimum absolute atomic E-state index is 0. The first kappa shape index (κ1) is 28.9. The molecule has 36 heavy (non-hydrogen) atoms. The summed E-state index contributed by atoms with van der Waals surface area (Å²) in [4.78, 5) is 51.2. The number of rotatable bonds is 8. The van der Waals surface area contributed by atoms with Crippen molar-refractivity contribution < 1.29 is 29.0 Å². The highest BCUT2D eigenvalue weighted by Gasteiger charge is 2.35. The van der Waals surface area contributed by atoms with E-state index in [1.807, 2.05) is 6.92 Å². The van der Waals surface area contributed by atoms with Crippen molar-refractivity contribution in [2.75, 3.05) is 25.9 Å². The number of carboxylic acid groups (broad SMARTS) is 1. The van der Waals surface area contributed by atoms with Crippen LogP contribution in [0.1, 0.15) is 47.2 Å². The number of carboxylic acids is 1. The number of nitrogens with one attached hydrogen (secondary N) is 1. The first-order valence-corrected chi connectivity index (χ1v) is 11.6. The van der Waals surface area contributed by atoms with E-state index in [0.29, 0.717) is 28.3 Å². The van der Waals surface area contributed by atoms with Crippen molar-refractivity contribution in [3.8, 4) is 5.75 Å². The summed E-state index contributed by atoms with van der Waals surface area (Å²) < 4.78 is 5.37. The van der Waals surface area contributed by atoms with E-state index >= 15 is 0 Å². The second kappa shape index (κ2) is 12.6. The van der Waals surface area contributed by atoms with Gasteiger partial charge >= 0.3 is 5.97 Å². The molecule has 1 aliphatic rings. The van der Waals surface area contributed by atoms with Gasteiger partial charge in [0.25, 0.3) is 0 Å². The molecule has 1 aliphatic heterocycles. The fraction of sp³-hybridized carbons (Fsp3) is 0.360. The Kier molecular flexibility index (Phi) is 10.1. The molecule has 2 aromatic rings. The van der Waals surface area contributed by atoms with Gasteiger partial charge < -0.3 is 20.9 Å². The van der Waals surface area contributed by atoms with Crippen LogP contribution in [0.25, 0.3) is 0 Å². The van der Waals surface area contributed by atoms with Gasteiger partial charge in [-0.25, -0.2) is 4.79 Å². The van der Waals surface area contributed by atoms with Gasteiger partial charge in [0.1, 0.15) is 12.3 Å². The quantitative estimate of drug-likeness (QED) is 0.439. The topological polar surface area (TPSA) is 139 Å². The number of aromatic carboxylic acids is 1. The minimum Gasteiger partial charge on any atom is -0.496 e. The Morgan fingerprint density at radius 2 is 1.97 bits per heavy atom. The largest absolute Gasteiger partial charge is 0.496 e. The van der Waals surface area contributed by atoms with Gasteiger partial charge in [-0.1, -0.05) is 24.6 Å². The number of halogens is 2. The fourth-order valence-corrected chi connectivity index (χ4v) is 4.41. The third-order valence-electron chi connectivity index (χ3n) is 6.16. The lowest BCUT2D eigenvalue weighted by Gasteiger charge is -2.24. The number of nitrogens with zero attached hydrogens (tertiary/aromatic N) is 1. The summed E-state index contributed by atoms with van der Waals surface area (Å²) in [5.74, 6) is -2.92. The number of anilines is 1. The zero-order valence-electron chi connectivity index (χ0n) is 20.0. The predicted octanol–water partition coefficient (Wildman–Crippen LogP) is 3.28. The van der Waals surface area contributed by atoms with Gasteiger partial charge in [-0.3, -0.25) is 19.3 Å². The molecule has 9 nitrogen and oxygen atoms in total. The normalized spacial score (nSPS) is 16.4. The Morgan fingerprint density at radius 3 is 2.58 bits per heavy atom.